The molecular weight excluding hydrogens is 390 g/mol. The number of aromatic nitrogens is 2. The second-order valence-electron chi connectivity index (χ2n) is 6.79. The van der Waals surface area contributed by atoms with E-state index in [4.69, 9.17) is 14.3 Å². The maximum atomic E-state index is 12.7. The van der Waals surface area contributed by atoms with Crippen molar-refractivity contribution in [3.63, 3.8) is 0 Å². The highest BCUT2D eigenvalue weighted by Gasteiger charge is 2.19. The molecule has 0 unspecified atom stereocenters. The van der Waals surface area contributed by atoms with Crippen molar-refractivity contribution in [3.05, 3.63) is 102 Å². The van der Waals surface area contributed by atoms with Gasteiger partial charge in [0, 0.05) is 17.3 Å². The fourth-order valence-corrected chi connectivity index (χ4v) is 3.29. The molecule has 6 nitrogen and oxygen atoms in total. The van der Waals surface area contributed by atoms with Crippen LogP contribution in [0.3, 0.4) is 0 Å². The normalized spacial score (nSPS) is 11.2. The molecule has 0 saturated heterocycles. The highest BCUT2D eigenvalue weighted by molar-refractivity contribution is 6.12. The topological polar surface area (TPSA) is 81.0 Å². The number of rotatable bonds is 7. The molecule has 31 heavy (non-hydrogen) atoms. The van der Waals surface area contributed by atoms with Gasteiger partial charge in [-0.05, 0) is 35.9 Å². The maximum Gasteiger partial charge on any atom is 0.238 e. The molecular formula is C25H19N3O3. The second kappa shape index (κ2) is 8.97. The molecule has 0 aliphatic carbocycles. The number of hydrogen-bond acceptors (Lipinski definition) is 5. The SMILES string of the molecule is COc1ccccc1-c1nn(Cc2ccccc2)cc1/C=C(\C#N)C(=O)c1ccco1. The summed E-state index contributed by atoms with van der Waals surface area (Å²) in [5.74, 6) is 0.288. The van der Waals surface area contributed by atoms with Crippen LogP contribution in [-0.4, -0.2) is 22.7 Å². The molecule has 152 valence electrons. The van der Waals surface area contributed by atoms with Gasteiger partial charge in [0.2, 0.25) is 5.78 Å². The number of para-hydroxylation sites is 1. The van der Waals surface area contributed by atoms with Crippen LogP contribution in [0.25, 0.3) is 17.3 Å². The Morgan fingerprint density at radius 1 is 1.13 bits per heavy atom. The van der Waals surface area contributed by atoms with E-state index in [0.717, 1.165) is 11.1 Å². The van der Waals surface area contributed by atoms with Gasteiger partial charge in [0.05, 0.1) is 19.9 Å². The Labute approximate surface area is 179 Å². The molecule has 2 aromatic heterocycles. The van der Waals surface area contributed by atoms with E-state index < -0.39 is 5.78 Å². The standard InChI is InChI=1S/C25H19N3O3/c1-30-22-11-6-5-10-21(22)24-20(14-19(15-26)25(29)23-12-7-13-31-23)17-28(27-24)16-18-8-3-2-4-9-18/h2-14,17H,16H2,1H3/b19-14+. The van der Waals surface area contributed by atoms with Crippen LogP contribution in [0, 0.1) is 11.3 Å². The summed E-state index contributed by atoms with van der Waals surface area (Å²) < 4.78 is 12.5. The third-order valence-corrected chi connectivity index (χ3v) is 4.75. The smallest absolute Gasteiger partial charge is 0.238 e. The Bertz CT molecular complexity index is 1260. The minimum atomic E-state index is -0.478. The lowest BCUT2D eigenvalue weighted by atomic mass is 10.0. The summed E-state index contributed by atoms with van der Waals surface area (Å²) in [6.45, 7) is 0.546. The van der Waals surface area contributed by atoms with Crippen molar-refractivity contribution in [1.82, 2.24) is 9.78 Å². The van der Waals surface area contributed by atoms with Crippen LogP contribution >= 0.6 is 0 Å². The number of allylic oxidation sites excluding steroid dienone is 1. The summed E-state index contributed by atoms with van der Waals surface area (Å²) in [6.07, 6.45) is 4.77. The quantitative estimate of drug-likeness (QED) is 0.244. The zero-order valence-corrected chi connectivity index (χ0v) is 16.9. The lowest BCUT2D eigenvalue weighted by molar-refractivity contribution is 0.101. The first kappa shape index (κ1) is 19.9. The van der Waals surface area contributed by atoms with Crippen LogP contribution < -0.4 is 4.74 Å². The number of Topliss-reactive ketones (excluding diaryl/α,β-unsaturated/α-hetero) is 1. The predicted octanol–water partition coefficient (Wildman–Crippen LogP) is 4.99. The average molecular weight is 409 g/mol. The van der Waals surface area contributed by atoms with Gasteiger partial charge in [-0.25, -0.2) is 0 Å². The Hall–Kier alpha value is -4.37. The van der Waals surface area contributed by atoms with Gasteiger partial charge in [0.1, 0.15) is 23.1 Å². The van der Waals surface area contributed by atoms with E-state index in [-0.39, 0.29) is 11.3 Å². The van der Waals surface area contributed by atoms with Crippen LogP contribution in [-0.2, 0) is 6.54 Å². The predicted molar refractivity (Wildman–Crippen MR) is 116 cm³/mol. The van der Waals surface area contributed by atoms with Gasteiger partial charge in [-0.2, -0.15) is 10.4 Å². The van der Waals surface area contributed by atoms with Crippen molar-refractivity contribution < 1.29 is 13.9 Å². The molecule has 0 radical (unpaired) electrons. The fourth-order valence-electron chi connectivity index (χ4n) is 3.29. The van der Waals surface area contributed by atoms with Crippen molar-refractivity contribution in [3.8, 4) is 23.1 Å². The molecule has 0 amide bonds. The van der Waals surface area contributed by atoms with Crippen LogP contribution in [0.2, 0.25) is 0 Å². The van der Waals surface area contributed by atoms with Gasteiger partial charge in [0.15, 0.2) is 5.76 Å². The number of ether oxygens (including phenoxy) is 1. The second-order valence-corrected chi connectivity index (χ2v) is 6.79. The first-order valence-corrected chi connectivity index (χ1v) is 9.64. The summed E-state index contributed by atoms with van der Waals surface area (Å²) >= 11 is 0. The maximum absolute atomic E-state index is 12.7. The molecule has 6 heteroatoms. The summed E-state index contributed by atoms with van der Waals surface area (Å²) in [7, 11) is 1.59. The Morgan fingerprint density at radius 3 is 2.61 bits per heavy atom. The molecule has 0 aliphatic heterocycles. The molecule has 0 aliphatic rings. The van der Waals surface area contributed by atoms with E-state index in [0.29, 0.717) is 23.6 Å². The molecule has 0 N–H and O–H groups in total. The van der Waals surface area contributed by atoms with Gasteiger partial charge in [-0.1, -0.05) is 42.5 Å². The number of ketones is 1. The van der Waals surface area contributed by atoms with Crippen molar-refractivity contribution in [1.29, 1.82) is 5.26 Å². The van der Waals surface area contributed by atoms with E-state index in [9.17, 15) is 10.1 Å². The summed E-state index contributed by atoms with van der Waals surface area (Å²) in [4.78, 5) is 12.7. The average Bonchev–Trinajstić information content (AvgIpc) is 3.48. The number of hydrogen-bond donors (Lipinski definition) is 0. The number of carbonyl (C=O) groups is 1. The lowest BCUT2D eigenvalue weighted by Crippen LogP contribution is -2.00. The van der Waals surface area contributed by atoms with Crippen molar-refractivity contribution >= 4 is 11.9 Å². The van der Waals surface area contributed by atoms with Crippen LogP contribution in [0.4, 0.5) is 0 Å². The van der Waals surface area contributed by atoms with Crippen molar-refractivity contribution in [2.75, 3.05) is 7.11 Å². The van der Waals surface area contributed by atoms with E-state index in [2.05, 4.69) is 0 Å². The number of methoxy groups -OCH3 is 1. The molecule has 2 heterocycles. The highest BCUT2D eigenvalue weighted by atomic mass is 16.5. The third-order valence-electron chi connectivity index (χ3n) is 4.75. The molecule has 0 bridgehead atoms. The summed E-state index contributed by atoms with van der Waals surface area (Å²) in [5.41, 5.74) is 3.07. The van der Waals surface area contributed by atoms with Gasteiger partial charge >= 0.3 is 0 Å². The van der Waals surface area contributed by atoms with Crippen molar-refractivity contribution in [2.45, 2.75) is 6.54 Å². The zero-order valence-electron chi connectivity index (χ0n) is 16.9. The van der Waals surface area contributed by atoms with Crippen molar-refractivity contribution in [2.24, 2.45) is 0 Å². The van der Waals surface area contributed by atoms with Crippen LogP contribution in [0.15, 0.2) is 89.2 Å². The van der Waals surface area contributed by atoms with Crippen LogP contribution in [0.1, 0.15) is 21.7 Å². The molecule has 4 aromatic rings. The monoisotopic (exact) mass is 409 g/mol. The molecule has 2 aromatic carbocycles. The molecule has 0 spiro atoms. The lowest BCUT2D eigenvalue weighted by Gasteiger charge is -2.07. The largest absolute Gasteiger partial charge is 0.496 e. The van der Waals surface area contributed by atoms with Gasteiger partial charge < -0.3 is 9.15 Å². The van der Waals surface area contributed by atoms with Crippen LogP contribution in [0.5, 0.6) is 5.75 Å². The van der Waals surface area contributed by atoms with Gasteiger partial charge in [-0.3, -0.25) is 9.48 Å². The highest BCUT2D eigenvalue weighted by Crippen LogP contribution is 2.32. The van der Waals surface area contributed by atoms with Gasteiger partial charge in [0.25, 0.3) is 0 Å². The molecule has 0 atom stereocenters. The number of carbonyl (C=O) groups excluding carboxylic acids is 1. The molecule has 4 rings (SSSR count). The molecule has 0 fully saturated rings. The van der Waals surface area contributed by atoms with E-state index >= 15 is 0 Å². The minimum Gasteiger partial charge on any atom is -0.496 e. The fraction of sp³-hybridized carbons (Fsp3) is 0.0800. The zero-order chi connectivity index (χ0) is 21.6. The first-order chi connectivity index (χ1) is 15.2. The number of nitrogens with zero attached hydrogens (tertiary/aromatic N) is 3. The van der Waals surface area contributed by atoms with E-state index in [1.807, 2.05) is 66.9 Å². The Morgan fingerprint density at radius 2 is 1.90 bits per heavy atom. The number of nitriles is 1. The van der Waals surface area contributed by atoms with Gasteiger partial charge in [-0.15, -0.1) is 0 Å². The number of benzene rings is 2. The number of furan rings is 1. The first-order valence-electron chi connectivity index (χ1n) is 9.64. The molecule has 0 saturated carbocycles. The van der Waals surface area contributed by atoms with E-state index in [1.54, 1.807) is 23.9 Å². The summed E-state index contributed by atoms with van der Waals surface area (Å²) in [5, 5.41) is 14.4. The Kier molecular flexibility index (Phi) is 5.77. The van der Waals surface area contributed by atoms with E-state index in [1.165, 1.54) is 12.3 Å². The third kappa shape index (κ3) is 4.31. The summed E-state index contributed by atoms with van der Waals surface area (Å²) in [6, 6.07) is 22.6. The Balaban J connectivity index is 1.81. The minimum absolute atomic E-state index is 0.0367.